The highest BCUT2D eigenvalue weighted by atomic mass is 35.5. The number of halogens is 1. The topological polar surface area (TPSA) is 44.4 Å². The lowest BCUT2D eigenvalue weighted by molar-refractivity contribution is -0.124. The van der Waals surface area contributed by atoms with Gasteiger partial charge in [0.15, 0.2) is 0 Å². The van der Waals surface area contributed by atoms with Gasteiger partial charge in [-0.25, -0.2) is 0 Å². The first-order valence-electron chi connectivity index (χ1n) is 5.64. The molecule has 1 heterocycles. The molecule has 0 spiro atoms. The largest absolute Gasteiger partial charge is 0.350 e. The summed E-state index contributed by atoms with van der Waals surface area (Å²) in [4.78, 5) is 13.9. The Balaban J connectivity index is 0.00000225. The molecule has 2 N–H and O–H groups in total. The molecule has 0 radical (unpaired) electrons. The average molecular weight is 250 g/mol. The molecule has 0 aromatic heterocycles. The van der Waals surface area contributed by atoms with Crippen LogP contribution in [0.1, 0.15) is 27.7 Å². The third-order valence-corrected chi connectivity index (χ3v) is 2.50. The van der Waals surface area contributed by atoms with E-state index in [9.17, 15) is 4.79 Å². The molecular formula is C11H24ClN3O. The molecular weight excluding hydrogens is 226 g/mol. The number of nitrogens with zero attached hydrogens (tertiary/aromatic N) is 1. The minimum absolute atomic E-state index is 0. The third-order valence-electron chi connectivity index (χ3n) is 2.50. The Kier molecular flexibility index (Phi) is 6.30. The summed E-state index contributed by atoms with van der Waals surface area (Å²) >= 11 is 0. The van der Waals surface area contributed by atoms with Gasteiger partial charge in [-0.2, -0.15) is 0 Å². The van der Waals surface area contributed by atoms with Gasteiger partial charge in [0.05, 0.1) is 6.54 Å². The third kappa shape index (κ3) is 5.68. The maximum absolute atomic E-state index is 11.7. The quantitative estimate of drug-likeness (QED) is 0.754. The van der Waals surface area contributed by atoms with Crippen molar-refractivity contribution in [1.82, 2.24) is 15.5 Å². The highest BCUT2D eigenvalue weighted by molar-refractivity contribution is 5.85. The van der Waals surface area contributed by atoms with Crippen molar-refractivity contribution < 1.29 is 4.79 Å². The van der Waals surface area contributed by atoms with E-state index in [0.29, 0.717) is 12.6 Å². The van der Waals surface area contributed by atoms with Crippen molar-refractivity contribution in [2.24, 2.45) is 0 Å². The molecule has 0 aromatic rings. The first kappa shape index (κ1) is 15.7. The zero-order valence-electron chi connectivity index (χ0n) is 10.7. The van der Waals surface area contributed by atoms with E-state index >= 15 is 0 Å². The van der Waals surface area contributed by atoms with Crippen molar-refractivity contribution in [3.63, 3.8) is 0 Å². The fraction of sp³-hybridized carbons (Fsp3) is 0.909. The Morgan fingerprint density at radius 2 is 2.12 bits per heavy atom. The number of carbonyl (C=O) groups excluding carboxylic acids is 1. The molecule has 16 heavy (non-hydrogen) atoms. The second kappa shape index (κ2) is 6.42. The summed E-state index contributed by atoms with van der Waals surface area (Å²) in [6.45, 7) is 11.6. The number of rotatable bonds is 2. The van der Waals surface area contributed by atoms with Crippen molar-refractivity contribution in [3.8, 4) is 0 Å². The fourth-order valence-corrected chi connectivity index (χ4v) is 1.76. The predicted octanol–water partition coefficient (Wildman–Crippen LogP) is 0.617. The summed E-state index contributed by atoms with van der Waals surface area (Å²) in [6, 6.07) is 0.449. The minimum Gasteiger partial charge on any atom is -0.350 e. The highest BCUT2D eigenvalue weighted by Crippen LogP contribution is 2.03. The lowest BCUT2D eigenvalue weighted by Gasteiger charge is -2.34. The number of hydrogen-bond donors (Lipinski definition) is 2. The van der Waals surface area contributed by atoms with Gasteiger partial charge in [-0.1, -0.05) is 0 Å². The van der Waals surface area contributed by atoms with Crippen LogP contribution in [0, 0.1) is 0 Å². The maximum Gasteiger partial charge on any atom is 0.234 e. The van der Waals surface area contributed by atoms with Gasteiger partial charge in [0.25, 0.3) is 0 Å². The molecule has 0 bridgehead atoms. The molecule has 4 nitrogen and oxygen atoms in total. The van der Waals surface area contributed by atoms with Gasteiger partial charge in [-0.05, 0) is 27.7 Å². The summed E-state index contributed by atoms with van der Waals surface area (Å²) in [5.41, 5.74) is -0.131. The van der Waals surface area contributed by atoms with Crippen LogP contribution in [-0.2, 0) is 4.79 Å². The number of carbonyl (C=O) groups is 1. The maximum atomic E-state index is 11.7. The summed E-state index contributed by atoms with van der Waals surface area (Å²) in [5, 5.41) is 6.30. The zero-order valence-corrected chi connectivity index (χ0v) is 11.5. The van der Waals surface area contributed by atoms with Gasteiger partial charge < -0.3 is 10.6 Å². The average Bonchev–Trinajstić information content (AvgIpc) is 2.05. The lowest BCUT2D eigenvalue weighted by atomic mass is 10.1. The molecule has 1 aliphatic rings. The second-order valence-electron chi connectivity index (χ2n) is 5.32. The van der Waals surface area contributed by atoms with E-state index in [0.717, 1.165) is 19.6 Å². The Morgan fingerprint density at radius 3 is 2.62 bits per heavy atom. The van der Waals surface area contributed by atoms with E-state index in [1.807, 2.05) is 20.8 Å². The van der Waals surface area contributed by atoms with Gasteiger partial charge >= 0.3 is 0 Å². The molecule has 0 saturated carbocycles. The minimum atomic E-state index is -0.131. The van der Waals surface area contributed by atoms with Crippen LogP contribution in [0.25, 0.3) is 0 Å². The Hall–Kier alpha value is -0.320. The van der Waals surface area contributed by atoms with Gasteiger partial charge in [-0.15, -0.1) is 12.4 Å². The summed E-state index contributed by atoms with van der Waals surface area (Å²) in [6.07, 6.45) is 0. The van der Waals surface area contributed by atoms with Crippen LogP contribution in [0.5, 0.6) is 0 Å². The van der Waals surface area contributed by atoms with E-state index < -0.39 is 0 Å². The van der Waals surface area contributed by atoms with Gasteiger partial charge in [-0.3, -0.25) is 9.69 Å². The van der Waals surface area contributed by atoms with E-state index in [-0.39, 0.29) is 23.9 Å². The first-order valence-corrected chi connectivity index (χ1v) is 5.64. The molecule has 1 fully saturated rings. The second-order valence-corrected chi connectivity index (χ2v) is 5.32. The molecule has 1 unspecified atom stereocenters. The normalized spacial score (nSPS) is 22.4. The van der Waals surface area contributed by atoms with Crippen molar-refractivity contribution in [3.05, 3.63) is 0 Å². The molecule has 1 saturated heterocycles. The summed E-state index contributed by atoms with van der Waals surface area (Å²) in [5.74, 6) is 0.122. The van der Waals surface area contributed by atoms with E-state index in [2.05, 4.69) is 22.5 Å². The lowest BCUT2D eigenvalue weighted by Crippen LogP contribution is -2.54. The van der Waals surface area contributed by atoms with Crippen LogP contribution in [-0.4, -0.2) is 48.6 Å². The van der Waals surface area contributed by atoms with Crippen LogP contribution >= 0.6 is 12.4 Å². The molecule has 5 heteroatoms. The van der Waals surface area contributed by atoms with Crippen LogP contribution < -0.4 is 10.6 Å². The smallest absolute Gasteiger partial charge is 0.234 e. The van der Waals surface area contributed by atoms with Crippen molar-refractivity contribution in [1.29, 1.82) is 0 Å². The Morgan fingerprint density at radius 1 is 1.50 bits per heavy atom. The predicted molar refractivity (Wildman–Crippen MR) is 69.0 cm³/mol. The molecule has 96 valence electrons. The van der Waals surface area contributed by atoms with E-state index in [1.165, 1.54) is 0 Å². The van der Waals surface area contributed by atoms with E-state index in [1.54, 1.807) is 0 Å². The van der Waals surface area contributed by atoms with Crippen LogP contribution in [0.3, 0.4) is 0 Å². The molecule has 1 aliphatic heterocycles. The Labute approximate surface area is 105 Å². The number of amides is 1. The number of hydrogen-bond acceptors (Lipinski definition) is 3. The highest BCUT2D eigenvalue weighted by Gasteiger charge is 2.22. The van der Waals surface area contributed by atoms with E-state index in [4.69, 9.17) is 0 Å². The molecule has 1 rings (SSSR count). The first-order chi connectivity index (χ1) is 6.88. The van der Waals surface area contributed by atoms with Gasteiger partial charge in [0.1, 0.15) is 0 Å². The van der Waals surface area contributed by atoms with Crippen LogP contribution in [0.4, 0.5) is 0 Å². The molecule has 0 aromatic carbocycles. The SMILES string of the molecule is CC1CNCCN1CC(=O)NC(C)(C)C.Cl. The molecule has 1 amide bonds. The number of piperazine rings is 1. The standard InChI is InChI=1S/C11H23N3O.ClH/c1-9-7-12-5-6-14(9)8-10(15)13-11(2,3)4;/h9,12H,5-8H2,1-4H3,(H,13,15);1H. The Bertz CT molecular complexity index is 228. The fourth-order valence-electron chi connectivity index (χ4n) is 1.76. The van der Waals surface area contributed by atoms with Gasteiger partial charge in [0, 0.05) is 31.2 Å². The van der Waals surface area contributed by atoms with Gasteiger partial charge in [0.2, 0.25) is 5.91 Å². The zero-order chi connectivity index (χ0) is 11.5. The van der Waals surface area contributed by atoms with Crippen LogP contribution in [0.2, 0.25) is 0 Å². The summed E-state index contributed by atoms with van der Waals surface area (Å²) in [7, 11) is 0. The molecule has 1 atom stereocenters. The monoisotopic (exact) mass is 249 g/mol. The van der Waals surface area contributed by atoms with Crippen molar-refractivity contribution >= 4 is 18.3 Å². The van der Waals surface area contributed by atoms with Crippen molar-refractivity contribution in [2.75, 3.05) is 26.2 Å². The number of nitrogens with one attached hydrogen (secondary N) is 2. The van der Waals surface area contributed by atoms with Crippen LogP contribution in [0.15, 0.2) is 0 Å². The van der Waals surface area contributed by atoms with Crippen molar-refractivity contribution in [2.45, 2.75) is 39.3 Å². The summed E-state index contributed by atoms with van der Waals surface area (Å²) < 4.78 is 0. The molecule has 0 aliphatic carbocycles.